The first-order chi connectivity index (χ1) is 14.9. The summed E-state index contributed by atoms with van der Waals surface area (Å²) in [4.78, 5) is 34.9. The fraction of sp³-hybridized carbons (Fsp3) is 0.280. The van der Waals surface area contributed by atoms with Crippen molar-refractivity contribution < 1.29 is 9.59 Å². The molecule has 0 fully saturated rings. The van der Waals surface area contributed by atoms with Gasteiger partial charge in [-0.1, -0.05) is 19.1 Å². The number of anilines is 1. The van der Waals surface area contributed by atoms with Crippen LogP contribution in [0.25, 0.3) is 11.3 Å². The number of rotatable bonds is 7. The van der Waals surface area contributed by atoms with Crippen LogP contribution in [0.5, 0.6) is 0 Å². The van der Waals surface area contributed by atoms with E-state index >= 15 is 0 Å². The van der Waals surface area contributed by atoms with E-state index in [1.807, 2.05) is 50.2 Å². The summed E-state index contributed by atoms with van der Waals surface area (Å²) in [7, 11) is 0. The van der Waals surface area contributed by atoms with Crippen molar-refractivity contribution >= 4 is 17.5 Å². The topological polar surface area (TPSA) is 75.2 Å². The molecular formula is C25H28N4O2. The average Bonchev–Trinajstić information content (AvgIpc) is 2.77. The third-order valence-corrected chi connectivity index (χ3v) is 5.19. The van der Waals surface area contributed by atoms with Crippen molar-refractivity contribution in [3.05, 3.63) is 77.2 Å². The van der Waals surface area contributed by atoms with Gasteiger partial charge in [0.2, 0.25) is 5.91 Å². The summed E-state index contributed by atoms with van der Waals surface area (Å²) in [5, 5.41) is 2.91. The third kappa shape index (κ3) is 5.34. The van der Waals surface area contributed by atoms with Crippen LogP contribution >= 0.6 is 0 Å². The predicted molar refractivity (Wildman–Crippen MR) is 123 cm³/mol. The molecule has 0 saturated heterocycles. The van der Waals surface area contributed by atoms with Crippen molar-refractivity contribution in [1.29, 1.82) is 0 Å². The molecule has 1 aromatic carbocycles. The molecule has 31 heavy (non-hydrogen) atoms. The molecule has 2 heterocycles. The number of pyridine rings is 2. The third-order valence-electron chi connectivity index (χ3n) is 5.19. The van der Waals surface area contributed by atoms with Crippen molar-refractivity contribution in [3.63, 3.8) is 0 Å². The molecule has 0 spiro atoms. The Kier molecular flexibility index (Phi) is 7.13. The molecule has 0 aliphatic carbocycles. The van der Waals surface area contributed by atoms with E-state index in [9.17, 15) is 9.59 Å². The maximum absolute atomic E-state index is 12.5. The monoisotopic (exact) mass is 416 g/mol. The predicted octanol–water partition coefficient (Wildman–Crippen LogP) is 4.45. The van der Waals surface area contributed by atoms with Crippen LogP contribution in [0.3, 0.4) is 0 Å². The number of hydrogen-bond donors (Lipinski definition) is 1. The number of aromatic nitrogens is 2. The standard InChI is InChI=1S/C25H28N4O2/c1-5-13-29(19(4)30)24-11-9-20(14-17(24)2)23-10-8-22(16-27-23)25(31)28-15-21-7-6-12-26-18(21)3/h6-12,14,16H,5,13,15H2,1-4H3,(H,28,31). The van der Waals surface area contributed by atoms with Gasteiger partial charge in [-0.3, -0.25) is 19.6 Å². The maximum Gasteiger partial charge on any atom is 0.253 e. The summed E-state index contributed by atoms with van der Waals surface area (Å²) in [5.41, 5.74) is 6.04. The highest BCUT2D eigenvalue weighted by Gasteiger charge is 2.14. The maximum atomic E-state index is 12.5. The Morgan fingerprint density at radius 1 is 1.06 bits per heavy atom. The van der Waals surface area contributed by atoms with Gasteiger partial charge < -0.3 is 10.2 Å². The van der Waals surface area contributed by atoms with Gasteiger partial charge in [-0.05, 0) is 61.7 Å². The van der Waals surface area contributed by atoms with Crippen molar-refractivity contribution in [2.45, 2.75) is 40.7 Å². The molecule has 0 saturated carbocycles. The van der Waals surface area contributed by atoms with E-state index in [0.29, 0.717) is 18.7 Å². The van der Waals surface area contributed by atoms with Gasteiger partial charge in [0.05, 0.1) is 11.3 Å². The quantitative estimate of drug-likeness (QED) is 0.617. The molecule has 0 aliphatic rings. The summed E-state index contributed by atoms with van der Waals surface area (Å²) >= 11 is 0. The smallest absolute Gasteiger partial charge is 0.253 e. The molecule has 3 rings (SSSR count). The second-order valence-corrected chi connectivity index (χ2v) is 7.53. The zero-order valence-corrected chi connectivity index (χ0v) is 18.5. The zero-order valence-electron chi connectivity index (χ0n) is 18.5. The van der Waals surface area contributed by atoms with E-state index in [0.717, 1.165) is 40.2 Å². The summed E-state index contributed by atoms with van der Waals surface area (Å²) in [6.45, 7) is 8.67. The highest BCUT2D eigenvalue weighted by atomic mass is 16.2. The normalized spacial score (nSPS) is 10.6. The van der Waals surface area contributed by atoms with Crippen LogP contribution in [-0.2, 0) is 11.3 Å². The van der Waals surface area contributed by atoms with Crippen LogP contribution < -0.4 is 10.2 Å². The van der Waals surface area contributed by atoms with Gasteiger partial charge in [0.15, 0.2) is 0 Å². The van der Waals surface area contributed by atoms with Crippen LogP contribution in [0.4, 0.5) is 5.69 Å². The fourth-order valence-corrected chi connectivity index (χ4v) is 3.47. The second-order valence-electron chi connectivity index (χ2n) is 7.53. The Hall–Kier alpha value is -3.54. The van der Waals surface area contributed by atoms with E-state index in [-0.39, 0.29) is 11.8 Å². The van der Waals surface area contributed by atoms with Gasteiger partial charge in [-0.15, -0.1) is 0 Å². The highest BCUT2D eigenvalue weighted by Crippen LogP contribution is 2.26. The minimum atomic E-state index is -0.175. The lowest BCUT2D eigenvalue weighted by Gasteiger charge is -2.23. The molecule has 6 nitrogen and oxygen atoms in total. The molecule has 3 aromatic rings. The number of nitrogens with zero attached hydrogens (tertiary/aromatic N) is 3. The summed E-state index contributed by atoms with van der Waals surface area (Å²) in [6, 6.07) is 13.4. The average molecular weight is 417 g/mol. The number of benzene rings is 1. The highest BCUT2D eigenvalue weighted by molar-refractivity contribution is 5.94. The van der Waals surface area contributed by atoms with Crippen molar-refractivity contribution in [1.82, 2.24) is 15.3 Å². The molecule has 6 heteroatoms. The Labute approximate surface area is 183 Å². The molecule has 160 valence electrons. The molecule has 0 aliphatic heterocycles. The molecule has 0 radical (unpaired) electrons. The zero-order chi connectivity index (χ0) is 22.4. The number of aryl methyl sites for hydroxylation is 2. The summed E-state index contributed by atoms with van der Waals surface area (Å²) in [5.74, 6) is -0.141. The van der Waals surface area contributed by atoms with Crippen LogP contribution in [0, 0.1) is 13.8 Å². The van der Waals surface area contributed by atoms with Gasteiger partial charge in [0.1, 0.15) is 0 Å². The van der Waals surface area contributed by atoms with Crippen molar-refractivity contribution in [2.75, 3.05) is 11.4 Å². The second kappa shape index (κ2) is 9.98. The lowest BCUT2D eigenvalue weighted by molar-refractivity contribution is -0.116. The number of carbonyl (C=O) groups is 2. The Bertz CT molecular complexity index is 1080. The first-order valence-electron chi connectivity index (χ1n) is 10.4. The summed E-state index contributed by atoms with van der Waals surface area (Å²) < 4.78 is 0. The van der Waals surface area contributed by atoms with Crippen LogP contribution in [0.2, 0.25) is 0 Å². The molecule has 2 aromatic heterocycles. The molecule has 0 unspecified atom stereocenters. The lowest BCUT2D eigenvalue weighted by Crippen LogP contribution is -2.29. The largest absolute Gasteiger partial charge is 0.348 e. The van der Waals surface area contributed by atoms with Gasteiger partial charge in [0.25, 0.3) is 5.91 Å². The van der Waals surface area contributed by atoms with E-state index in [1.165, 1.54) is 0 Å². The summed E-state index contributed by atoms with van der Waals surface area (Å²) in [6.07, 6.45) is 4.22. The van der Waals surface area contributed by atoms with Gasteiger partial charge in [-0.25, -0.2) is 0 Å². The number of nitrogens with one attached hydrogen (secondary N) is 1. The number of hydrogen-bond acceptors (Lipinski definition) is 4. The van der Waals surface area contributed by atoms with Crippen LogP contribution in [-0.4, -0.2) is 28.3 Å². The number of amides is 2. The first kappa shape index (κ1) is 22.2. The molecule has 0 atom stereocenters. The molecule has 0 bridgehead atoms. The Balaban J connectivity index is 1.72. The Morgan fingerprint density at radius 3 is 2.48 bits per heavy atom. The Morgan fingerprint density at radius 2 is 1.87 bits per heavy atom. The fourth-order valence-electron chi connectivity index (χ4n) is 3.47. The van der Waals surface area contributed by atoms with E-state index in [1.54, 1.807) is 30.3 Å². The van der Waals surface area contributed by atoms with Crippen molar-refractivity contribution in [2.24, 2.45) is 0 Å². The van der Waals surface area contributed by atoms with E-state index in [2.05, 4.69) is 22.2 Å². The van der Waals surface area contributed by atoms with E-state index in [4.69, 9.17) is 0 Å². The molecule has 2 amide bonds. The SMILES string of the molecule is CCCN(C(C)=O)c1ccc(-c2ccc(C(=O)NCc3cccnc3C)cn2)cc1C. The van der Waals surface area contributed by atoms with Crippen LogP contribution in [0.15, 0.2) is 54.9 Å². The molecule has 1 N–H and O–H groups in total. The first-order valence-corrected chi connectivity index (χ1v) is 10.4. The van der Waals surface area contributed by atoms with Gasteiger partial charge in [0, 0.05) is 49.4 Å². The van der Waals surface area contributed by atoms with Gasteiger partial charge in [-0.2, -0.15) is 0 Å². The van der Waals surface area contributed by atoms with Crippen molar-refractivity contribution in [3.8, 4) is 11.3 Å². The number of carbonyl (C=O) groups excluding carboxylic acids is 2. The minimum Gasteiger partial charge on any atom is -0.348 e. The molecular weight excluding hydrogens is 388 g/mol. The van der Waals surface area contributed by atoms with E-state index < -0.39 is 0 Å². The van der Waals surface area contributed by atoms with Crippen LogP contribution in [0.1, 0.15) is 47.4 Å². The minimum absolute atomic E-state index is 0.0349. The lowest BCUT2D eigenvalue weighted by atomic mass is 10.0. The van der Waals surface area contributed by atoms with Gasteiger partial charge >= 0.3 is 0 Å².